The van der Waals surface area contributed by atoms with Gasteiger partial charge in [0.15, 0.2) is 0 Å². The van der Waals surface area contributed by atoms with Crippen molar-refractivity contribution < 1.29 is 4.92 Å². The summed E-state index contributed by atoms with van der Waals surface area (Å²) in [4.78, 5) is 13.3. The van der Waals surface area contributed by atoms with Crippen LogP contribution in [-0.2, 0) is 0 Å². The number of para-hydroxylation sites is 1. The van der Waals surface area contributed by atoms with E-state index in [1.165, 1.54) is 45.1 Å². The molecule has 2 unspecified atom stereocenters. The summed E-state index contributed by atoms with van der Waals surface area (Å²) < 4.78 is 0. The Morgan fingerprint density at radius 2 is 1.95 bits per heavy atom. The molecule has 1 saturated heterocycles. The molecule has 1 aliphatic heterocycles. The minimum atomic E-state index is -0.308. The molecule has 1 saturated carbocycles. The van der Waals surface area contributed by atoms with Gasteiger partial charge >= 0.3 is 0 Å². The average Bonchev–Trinajstić information content (AvgIpc) is 2.55. The van der Waals surface area contributed by atoms with Crippen molar-refractivity contribution in [2.45, 2.75) is 44.6 Å². The van der Waals surface area contributed by atoms with Crippen LogP contribution in [0.3, 0.4) is 0 Å². The highest BCUT2D eigenvalue weighted by Crippen LogP contribution is 2.35. The molecule has 0 spiro atoms. The molecular weight excluding hydrogens is 276 g/mol. The first-order chi connectivity index (χ1) is 10.8. The van der Waals surface area contributed by atoms with Crippen molar-refractivity contribution in [3.05, 3.63) is 46.0 Å². The van der Waals surface area contributed by atoms with Crippen LogP contribution in [0.1, 0.15) is 44.1 Å². The molecule has 1 heterocycles. The molecule has 2 atom stereocenters. The lowest BCUT2D eigenvalue weighted by Gasteiger charge is -2.43. The van der Waals surface area contributed by atoms with Crippen molar-refractivity contribution in [3.63, 3.8) is 0 Å². The van der Waals surface area contributed by atoms with Crippen LogP contribution in [0.15, 0.2) is 30.3 Å². The molecule has 1 aromatic rings. The Labute approximate surface area is 132 Å². The quantitative estimate of drug-likeness (QED) is 0.616. The minimum Gasteiger partial charge on any atom is -0.296 e. The molecule has 3 rings (SSSR count). The number of hydrogen-bond donors (Lipinski definition) is 0. The fourth-order valence-electron chi connectivity index (χ4n) is 4.06. The number of fused-ring (bicyclic) bond motifs is 1. The fourth-order valence-corrected chi connectivity index (χ4v) is 4.06. The standard InChI is InChI=1S/C18H24N2O2/c21-20(22)18-12-4-2-8-16(18)10-6-14-19-13-5-9-15-7-1-3-11-17(15)19/h2,4,6,8,10,12,15,17H,1,3,5,7,9,11,13-14H2. The fraction of sp³-hybridized carbons (Fsp3) is 0.556. The zero-order chi connectivity index (χ0) is 15.4. The molecule has 0 amide bonds. The predicted octanol–water partition coefficient (Wildman–Crippen LogP) is 4.26. The highest BCUT2D eigenvalue weighted by molar-refractivity contribution is 5.60. The summed E-state index contributed by atoms with van der Waals surface area (Å²) in [5.74, 6) is 0.877. The van der Waals surface area contributed by atoms with Gasteiger partial charge in [-0.3, -0.25) is 15.0 Å². The van der Waals surface area contributed by atoms with Crippen molar-refractivity contribution in [1.82, 2.24) is 4.90 Å². The Balaban J connectivity index is 1.65. The largest absolute Gasteiger partial charge is 0.296 e. The van der Waals surface area contributed by atoms with E-state index in [-0.39, 0.29) is 10.6 Å². The smallest absolute Gasteiger partial charge is 0.276 e. The Hall–Kier alpha value is -1.68. The molecule has 0 radical (unpaired) electrons. The Bertz CT molecular complexity index is 554. The number of hydrogen-bond acceptors (Lipinski definition) is 3. The van der Waals surface area contributed by atoms with Crippen LogP contribution < -0.4 is 0 Å². The van der Waals surface area contributed by atoms with Gasteiger partial charge in [0.25, 0.3) is 5.69 Å². The van der Waals surface area contributed by atoms with Gasteiger partial charge in [0.2, 0.25) is 0 Å². The van der Waals surface area contributed by atoms with E-state index in [1.807, 2.05) is 18.2 Å². The number of nitro groups is 1. The molecule has 2 fully saturated rings. The van der Waals surface area contributed by atoms with Crippen molar-refractivity contribution in [1.29, 1.82) is 0 Å². The molecule has 118 valence electrons. The van der Waals surface area contributed by atoms with Crippen molar-refractivity contribution >= 4 is 11.8 Å². The SMILES string of the molecule is O=[N+]([O-])c1ccccc1C=CCN1CCCC2CCCCC21. The van der Waals surface area contributed by atoms with E-state index in [1.54, 1.807) is 12.1 Å². The van der Waals surface area contributed by atoms with Crippen LogP contribution >= 0.6 is 0 Å². The van der Waals surface area contributed by atoms with E-state index < -0.39 is 0 Å². The number of likely N-dealkylation sites (tertiary alicyclic amines) is 1. The van der Waals surface area contributed by atoms with E-state index in [9.17, 15) is 10.1 Å². The molecule has 4 nitrogen and oxygen atoms in total. The van der Waals surface area contributed by atoms with Crippen molar-refractivity contribution in [2.24, 2.45) is 5.92 Å². The normalized spacial score (nSPS) is 26.0. The predicted molar refractivity (Wildman–Crippen MR) is 88.7 cm³/mol. The zero-order valence-corrected chi connectivity index (χ0v) is 13.0. The van der Waals surface area contributed by atoms with E-state index in [4.69, 9.17) is 0 Å². The van der Waals surface area contributed by atoms with Crippen LogP contribution in [0, 0.1) is 16.0 Å². The van der Waals surface area contributed by atoms with E-state index in [2.05, 4.69) is 11.0 Å². The number of rotatable bonds is 4. The first-order valence-corrected chi connectivity index (χ1v) is 8.40. The van der Waals surface area contributed by atoms with Crippen LogP contribution in [-0.4, -0.2) is 29.0 Å². The summed E-state index contributed by atoms with van der Waals surface area (Å²) in [6, 6.07) is 7.68. The van der Waals surface area contributed by atoms with E-state index in [0.29, 0.717) is 5.56 Å². The number of piperidine rings is 1. The van der Waals surface area contributed by atoms with Crippen LogP contribution in [0.4, 0.5) is 5.69 Å². The Morgan fingerprint density at radius 1 is 1.18 bits per heavy atom. The Kier molecular flexibility index (Phi) is 4.88. The van der Waals surface area contributed by atoms with Gasteiger partial charge in [0.05, 0.1) is 10.5 Å². The third-order valence-electron chi connectivity index (χ3n) is 5.13. The number of benzene rings is 1. The van der Waals surface area contributed by atoms with Gasteiger partial charge in [-0.1, -0.05) is 37.1 Å². The molecular formula is C18H24N2O2. The third-order valence-corrected chi connectivity index (χ3v) is 5.13. The molecule has 4 heteroatoms. The maximum Gasteiger partial charge on any atom is 0.276 e. The minimum absolute atomic E-state index is 0.188. The highest BCUT2D eigenvalue weighted by atomic mass is 16.6. The number of nitrogens with zero attached hydrogens (tertiary/aromatic N) is 2. The summed E-state index contributed by atoms with van der Waals surface area (Å²) in [5, 5.41) is 11.0. The molecule has 1 aliphatic carbocycles. The van der Waals surface area contributed by atoms with Crippen LogP contribution in [0.2, 0.25) is 0 Å². The summed E-state index contributed by atoms with van der Waals surface area (Å²) in [7, 11) is 0. The monoisotopic (exact) mass is 300 g/mol. The Morgan fingerprint density at radius 3 is 2.82 bits per heavy atom. The summed E-state index contributed by atoms with van der Waals surface area (Å²) in [6.45, 7) is 2.08. The lowest BCUT2D eigenvalue weighted by molar-refractivity contribution is -0.385. The summed E-state index contributed by atoms with van der Waals surface area (Å²) in [6.07, 6.45) is 12.1. The van der Waals surface area contributed by atoms with Gasteiger partial charge in [-0.25, -0.2) is 0 Å². The van der Waals surface area contributed by atoms with E-state index in [0.717, 1.165) is 18.5 Å². The van der Waals surface area contributed by atoms with Gasteiger partial charge in [0, 0.05) is 18.7 Å². The molecule has 1 aromatic carbocycles. The van der Waals surface area contributed by atoms with Gasteiger partial charge < -0.3 is 0 Å². The maximum atomic E-state index is 11.0. The third kappa shape index (κ3) is 3.38. The maximum absolute atomic E-state index is 11.0. The van der Waals surface area contributed by atoms with Gasteiger partial charge in [-0.05, 0) is 44.2 Å². The lowest BCUT2D eigenvalue weighted by atomic mass is 9.78. The summed E-state index contributed by atoms with van der Waals surface area (Å²) >= 11 is 0. The van der Waals surface area contributed by atoms with E-state index >= 15 is 0 Å². The van der Waals surface area contributed by atoms with Crippen LogP contribution in [0.5, 0.6) is 0 Å². The summed E-state index contributed by atoms with van der Waals surface area (Å²) in [5.41, 5.74) is 0.887. The zero-order valence-electron chi connectivity index (χ0n) is 13.0. The first kappa shape index (κ1) is 15.2. The molecule has 22 heavy (non-hydrogen) atoms. The average molecular weight is 300 g/mol. The van der Waals surface area contributed by atoms with Gasteiger partial charge in [-0.2, -0.15) is 0 Å². The van der Waals surface area contributed by atoms with Crippen molar-refractivity contribution in [2.75, 3.05) is 13.1 Å². The van der Waals surface area contributed by atoms with Gasteiger partial charge in [-0.15, -0.1) is 0 Å². The van der Waals surface area contributed by atoms with Crippen molar-refractivity contribution in [3.8, 4) is 0 Å². The molecule has 0 aromatic heterocycles. The first-order valence-electron chi connectivity index (χ1n) is 8.40. The topological polar surface area (TPSA) is 46.4 Å². The molecule has 0 N–H and O–H groups in total. The van der Waals surface area contributed by atoms with Gasteiger partial charge in [0.1, 0.15) is 0 Å². The second kappa shape index (κ2) is 7.05. The lowest BCUT2D eigenvalue weighted by Crippen LogP contribution is -2.46. The second-order valence-electron chi connectivity index (χ2n) is 6.47. The molecule has 2 aliphatic rings. The molecule has 0 bridgehead atoms. The second-order valence-corrected chi connectivity index (χ2v) is 6.47. The highest BCUT2D eigenvalue weighted by Gasteiger charge is 2.32. The van der Waals surface area contributed by atoms with Crippen LogP contribution in [0.25, 0.3) is 6.08 Å². The number of nitro benzene ring substituents is 1.